The maximum Gasteiger partial charge on any atom is 0.343 e. The Morgan fingerprint density at radius 1 is 0.608 bits per heavy atom. The van der Waals surface area contributed by atoms with Gasteiger partial charge in [0.25, 0.3) is 0 Å². The van der Waals surface area contributed by atoms with Gasteiger partial charge in [0.15, 0.2) is 23.1 Å². The maximum atomic E-state index is 14.7. The minimum absolute atomic E-state index is 0.0538. The van der Waals surface area contributed by atoms with Gasteiger partial charge in [0, 0.05) is 11.1 Å². The minimum Gasteiger partial charge on any atom is -0.491 e. The summed E-state index contributed by atoms with van der Waals surface area (Å²) in [4.78, 5) is 12.7. The minimum atomic E-state index is -0.667. The molecule has 3 aromatic rings. The molecule has 0 aromatic heterocycles. The van der Waals surface area contributed by atoms with Crippen molar-refractivity contribution in [2.45, 2.75) is 149 Å². The number of carbonyl (C=O) groups excluding carboxylic acids is 1. The van der Waals surface area contributed by atoms with E-state index in [4.69, 9.17) is 14.2 Å². The second-order valence-electron chi connectivity index (χ2n) is 13.7. The molecule has 0 heterocycles. The fourth-order valence-electron chi connectivity index (χ4n) is 5.95. The molecule has 6 heteroatoms. The van der Waals surface area contributed by atoms with Gasteiger partial charge in [0.05, 0.1) is 18.3 Å². The molecule has 3 aromatic carbocycles. The highest BCUT2D eigenvalue weighted by Crippen LogP contribution is 2.23. The van der Waals surface area contributed by atoms with Crippen molar-refractivity contribution in [1.82, 2.24) is 0 Å². The molecule has 0 fully saturated rings. The fraction of sp³-hybridized carbons (Fsp3) is 0.533. The summed E-state index contributed by atoms with van der Waals surface area (Å²) < 4.78 is 46.2. The summed E-state index contributed by atoms with van der Waals surface area (Å²) in [5.41, 5.74) is 1.29. The molecule has 4 nitrogen and oxygen atoms in total. The van der Waals surface area contributed by atoms with Crippen LogP contribution in [0.1, 0.15) is 164 Å². The van der Waals surface area contributed by atoms with Crippen LogP contribution < -0.4 is 14.2 Å². The number of halogens is 2. The van der Waals surface area contributed by atoms with Gasteiger partial charge in [0.2, 0.25) is 0 Å². The van der Waals surface area contributed by atoms with Gasteiger partial charge in [0.1, 0.15) is 5.75 Å². The van der Waals surface area contributed by atoms with Crippen LogP contribution in [0.25, 0.3) is 0 Å². The van der Waals surface area contributed by atoms with Gasteiger partial charge in [-0.3, -0.25) is 0 Å². The highest BCUT2D eigenvalue weighted by molar-refractivity contribution is 5.91. The smallest absolute Gasteiger partial charge is 0.343 e. The van der Waals surface area contributed by atoms with Gasteiger partial charge in [-0.05, 0) is 86.8 Å². The summed E-state index contributed by atoms with van der Waals surface area (Å²) in [5, 5.41) is 0. The topological polar surface area (TPSA) is 44.8 Å². The van der Waals surface area contributed by atoms with Crippen LogP contribution in [0.4, 0.5) is 8.78 Å². The number of esters is 1. The van der Waals surface area contributed by atoms with E-state index in [1.54, 1.807) is 36.4 Å². The summed E-state index contributed by atoms with van der Waals surface area (Å²) in [5.74, 6) is 4.95. The van der Waals surface area contributed by atoms with Gasteiger partial charge in [-0.2, -0.15) is 0 Å². The van der Waals surface area contributed by atoms with Crippen molar-refractivity contribution in [2.75, 3.05) is 6.61 Å². The molecule has 0 bridgehead atoms. The van der Waals surface area contributed by atoms with Crippen molar-refractivity contribution >= 4 is 5.97 Å². The van der Waals surface area contributed by atoms with Gasteiger partial charge >= 0.3 is 5.97 Å². The van der Waals surface area contributed by atoms with E-state index in [-0.39, 0.29) is 23.2 Å². The van der Waals surface area contributed by atoms with E-state index < -0.39 is 17.6 Å². The second kappa shape index (κ2) is 25.2. The third-order valence-corrected chi connectivity index (χ3v) is 9.06. The summed E-state index contributed by atoms with van der Waals surface area (Å²) in [6, 6.07) is 15.5. The van der Waals surface area contributed by atoms with Gasteiger partial charge < -0.3 is 14.2 Å². The van der Waals surface area contributed by atoms with E-state index in [1.165, 1.54) is 108 Å². The SMILES string of the molecule is CCCCCCCCCCCCCCCCOc1ccc(C(=O)Oc2ccc(C#Cc3ccc(OC(C)CCCCCC)c(F)c3)cc2)cc1F. The highest BCUT2D eigenvalue weighted by Gasteiger charge is 2.13. The van der Waals surface area contributed by atoms with E-state index in [2.05, 4.69) is 25.7 Å². The number of benzene rings is 3. The number of ether oxygens (including phenoxy) is 3. The molecule has 0 radical (unpaired) electrons. The standard InChI is InChI=1S/C45H60F2O4/c1-4-6-8-10-11-12-13-14-15-16-17-18-19-21-33-49-43-32-28-39(35-42(43)47)45(48)51-40-29-25-37(26-30-40)23-24-38-27-31-44(41(46)34-38)50-36(3)22-20-9-7-5-2/h25-32,34-36H,4-22,33H2,1-3H3. The predicted molar refractivity (Wildman–Crippen MR) is 205 cm³/mol. The van der Waals surface area contributed by atoms with Gasteiger partial charge in [-0.25, -0.2) is 13.6 Å². The number of hydrogen-bond acceptors (Lipinski definition) is 4. The van der Waals surface area contributed by atoms with Crippen molar-refractivity contribution in [1.29, 1.82) is 0 Å². The summed E-state index contributed by atoms with van der Waals surface area (Å²) >= 11 is 0. The fourth-order valence-corrected chi connectivity index (χ4v) is 5.95. The first-order valence-electron chi connectivity index (χ1n) is 19.6. The zero-order chi connectivity index (χ0) is 36.5. The molecule has 278 valence electrons. The lowest BCUT2D eigenvalue weighted by molar-refractivity contribution is 0.0734. The zero-order valence-corrected chi connectivity index (χ0v) is 31.4. The molecule has 0 aliphatic carbocycles. The third-order valence-electron chi connectivity index (χ3n) is 9.06. The quantitative estimate of drug-likeness (QED) is 0.0382. The van der Waals surface area contributed by atoms with Crippen LogP contribution in [-0.2, 0) is 0 Å². The Labute approximate surface area is 306 Å². The Bertz CT molecular complexity index is 1470. The Balaban J connectivity index is 1.33. The van der Waals surface area contributed by atoms with Gasteiger partial charge in [-0.1, -0.05) is 128 Å². The number of unbranched alkanes of at least 4 members (excludes halogenated alkanes) is 16. The lowest BCUT2D eigenvalue weighted by atomic mass is 10.0. The molecular weight excluding hydrogens is 642 g/mol. The third kappa shape index (κ3) is 17.3. The molecule has 0 spiro atoms. The van der Waals surface area contributed by atoms with E-state index in [9.17, 15) is 13.6 Å². The lowest BCUT2D eigenvalue weighted by Gasteiger charge is -2.15. The number of carbonyl (C=O) groups is 1. The predicted octanol–water partition coefficient (Wildman–Crippen LogP) is 13.2. The zero-order valence-electron chi connectivity index (χ0n) is 31.4. The van der Waals surface area contributed by atoms with Crippen LogP contribution in [0.3, 0.4) is 0 Å². The Morgan fingerprint density at radius 3 is 1.71 bits per heavy atom. The monoisotopic (exact) mass is 702 g/mol. The van der Waals surface area contributed by atoms with E-state index in [0.717, 1.165) is 38.2 Å². The highest BCUT2D eigenvalue weighted by atomic mass is 19.1. The van der Waals surface area contributed by atoms with E-state index in [1.807, 2.05) is 6.92 Å². The first kappa shape index (κ1) is 41.6. The molecule has 0 aliphatic rings. The van der Waals surface area contributed by atoms with Crippen LogP contribution >= 0.6 is 0 Å². The molecule has 0 aliphatic heterocycles. The largest absolute Gasteiger partial charge is 0.491 e. The van der Waals surface area contributed by atoms with Crippen LogP contribution in [-0.4, -0.2) is 18.7 Å². The molecular formula is C45H60F2O4. The molecule has 0 amide bonds. The van der Waals surface area contributed by atoms with Crippen molar-refractivity contribution < 1.29 is 27.8 Å². The van der Waals surface area contributed by atoms with Crippen molar-refractivity contribution in [3.63, 3.8) is 0 Å². The molecule has 51 heavy (non-hydrogen) atoms. The Hall–Kier alpha value is -3.85. The molecule has 1 unspecified atom stereocenters. The normalized spacial score (nSPS) is 11.5. The van der Waals surface area contributed by atoms with Crippen LogP contribution in [0.15, 0.2) is 60.7 Å². The maximum absolute atomic E-state index is 14.7. The van der Waals surface area contributed by atoms with E-state index >= 15 is 0 Å². The summed E-state index contributed by atoms with van der Waals surface area (Å²) in [6.45, 7) is 6.84. The van der Waals surface area contributed by atoms with E-state index in [0.29, 0.717) is 23.5 Å². The Morgan fingerprint density at radius 2 is 1.12 bits per heavy atom. The van der Waals surface area contributed by atoms with Crippen molar-refractivity contribution in [2.24, 2.45) is 0 Å². The first-order valence-corrected chi connectivity index (χ1v) is 19.6. The number of rotatable bonds is 25. The van der Waals surface area contributed by atoms with Crippen LogP contribution in [0.5, 0.6) is 17.2 Å². The average molecular weight is 703 g/mol. The average Bonchev–Trinajstić information content (AvgIpc) is 3.13. The molecule has 0 N–H and O–H groups in total. The lowest BCUT2D eigenvalue weighted by Crippen LogP contribution is -2.12. The summed E-state index contributed by atoms with van der Waals surface area (Å²) in [6.07, 6.45) is 23.3. The van der Waals surface area contributed by atoms with Crippen molar-refractivity contribution in [3.8, 4) is 29.1 Å². The first-order chi connectivity index (χ1) is 24.9. The number of hydrogen-bond donors (Lipinski definition) is 0. The second-order valence-corrected chi connectivity index (χ2v) is 13.7. The molecule has 1 atom stereocenters. The van der Waals surface area contributed by atoms with Crippen molar-refractivity contribution in [3.05, 3.63) is 89.0 Å². The Kier molecular flexibility index (Phi) is 20.5. The van der Waals surface area contributed by atoms with Gasteiger partial charge in [-0.15, -0.1) is 0 Å². The molecule has 0 saturated carbocycles. The molecule has 3 rings (SSSR count). The molecule has 0 saturated heterocycles. The van der Waals surface area contributed by atoms with Crippen LogP contribution in [0.2, 0.25) is 0 Å². The van der Waals surface area contributed by atoms with Crippen LogP contribution in [0, 0.1) is 23.5 Å². The summed E-state index contributed by atoms with van der Waals surface area (Å²) in [7, 11) is 0.